The Morgan fingerprint density at radius 2 is 1.18 bits per heavy atom. The van der Waals surface area contributed by atoms with E-state index in [1.165, 1.54) is 0 Å². The molecule has 2 amide bonds. The molecule has 0 spiro atoms. The van der Waals surface area contributed by atoms with E-state index in [1.807, 2.05) is 0 Å². The highest BCUT2D eigenvalue weighted by atomic mass is 35.5. The number of amides is 2. The van der Waals surface area contributed by atoms with Crippen LogP contribution in [0.25, 0.3) is 0 Å². The molecule has 0 saturated carbocycles. The Hall–Kier alpha value is -1.46. The molecule has 2 aromatic rings. The third-order valence-corrected chi connectivity index (χ3v) is 4.92. The van der Waals surface area contributed by atoms with Gasteiger partial charge in [0.15, 0.2) is 0 Å². The van der Waals surface area contributed by atoms with Crippen LogP contribution < -0.4 is 5.43 Å². The second-order valence-electron chi connectivity index (χ2n) is 4.43. The number of nitrogens with zero attached hydrogens (tertiary/aromatic N) is 1. The van der Waals surface area contributed by atoms with Crippen LogP contribution in [0.4, 0.5) is 5.69 Å². The zero-order valence-corrected chi connectivity index (χ0v) is 13.7. The molecule has 0 aliphatic carbocycles. The molecule has 3 rings (SSSR count). The summed E-state index contributed by atoms with van der Waals surface area (Å²) in [6, 6.07) is 8.72. The molecule has 1 aliphatic rings. The van der Waals surface area contributed by atoms with Gasteiger partial charge in [-0.2, -0.15) is 5.01 Å². The quantitative estimate of drug-likeness (QED) is 0.460. The van der Waals surface area contributed by atoms with E-state index < -0.39 is 11.8 Å². The molecule has 22 heavy (non-hydrogen) atoms. The molecule has 0 saturated heterocycles. The van der Waals surface area contributed by atoms with Crippen LogP contribution in [0.1, 0.15) is 20.7 Å². The van der Waals surface area contributed by atoms with Crippen molar-refractivity contribution in [1.82, 2.24) is 5.01 Å². The van der Waals surface area contributed by atoms with Crippen LogP contribution in [0.3, 0.4) is 0 Å². The van der Waals surface area contributed by atoms with Gasteiger partial charge in [0, 0.05) is 0 Å². The van der Waals surface area contributed by atoms with Crippen molar-refractivity contribution in [2.24, 2.45) is 0 Å². The summed E-state index contributed by atoms with van der Waals surface area (Å²) in [6.07, 6.45) is 0. The highest BCUT2D eigenvalue weighted by Crippen LogP contribution is 2.44. The van der Waals surface area contributed by atoms with Crippen molar-refractivity contribution in [2.75, 3.05) is 5.43 Å². The molecule has 0 unspecified atom stereocenters. The van der Waals surface area contributed by atoms with E-state index in [1.54, 1.807) is 30.3 Å². The first-order valence-electron chi connectivity index (χ1n) is 6.00. The summed E-state index contributed by atoms with van der Waals surface area (Å²) >= 11 is 24.0. The number of halogens is 4. The minimum absolute atomic E-state index is 0.0604. The fourth-order valence-electron chi connectivity index (χ4n) is 2.09. The first-order chi connectivity index (χ1) is 10.4. The zero-order valence-electron chi connectivity index (χ0n) is 10.7. The van der Waals surface area contributed by atoms with Crippen molar-refractivity contribution < 1.29 is 9.59 Å². The van der Waals surface area contributed by atoms with Gasteiger partial charge in [-0.15, -0.1) is 0 Å². The Kier molecular flexibility index (Phi) is 3.95. The fraction of sp³-hybridized carbons (Fsp3) is 0. The predicted octanol–water partition coefficient (Wildman–Crippen LogP) is 4.92. The van der Waals surface area contributed by atoms with E-state index in [9.17, 15) is 9.59 Å². The highest BCUT2D eigenvalue weighted by Gasteiger charge is 2.42. The number of fused-ring (bicyclic) bond motifs is 1. The van der Waals surface area contributed by atoms with Crippen molar-refractivity contribution >= 4 is 63.9 Å². The highest BCUT2D eigenvalue weighted by molar-refractivity contribution is 6.55. The van der Waals surface area contributed by atoms with Crippen LogP contribution in [0.15, 0.2) is 30.3 Å². The van der Waals surface area contributed by atoms with Gasteiger partial charge in [-0.05, 0) is 12.1 Å². The molecule has 0 radical (unpaired) electrons. The fourth-order valence-corrected chi connectivity index (χ4v) is 3.11. The third-order valence-electron chi connectivity index (χ3n) is 3.12. The standard InChI is InChI=1S/C14H6Cl4N2O2/c15-9-7-8(10(16)12(18)11(9)17)14(22)20(13(7)21)19-6-4-2-1-3-5-6/h1-5,19H. The monoisotopic (exact) mass is 374 g/mol. The van der Waals surface area contributed by atoms with Gasteiger partial charge in [-0.1, -0.05) is 64.6 Å². The van der Waals surface area contributed by atoms with Crippen LogP contribution in [0.5, 0.6) is 0 Å². The van der Waals surface area contributed by atoms with Crippen molar-refractivity contribution in [3.8, 4) is 0 Å². The molecular formula is C14H6Cl4N2O2. The molecule has 2 aromatic carbocycles. The average molecular weight is 376 g/mol. The van der Waals surface area contributed by atoms with Crippen molar-refractivity contribution in [3.05, 3.63) is 61.5 Å². The molecule has 112 valence electrons. The maximum Gasteiger partial charge on any atom is 0.282 e. The van der Waals surface area contributed by atoms with Crippen molar-refractivity contribution in [1.29, 1.82) is 0 Å². The Bertz CT molecular complexity index is 761. The van der Waals surface area contributed by atoms with Gasteiger partial charge in [0.25, 0.3) is 11.8 Å². The SMILES string of the molecule is O=C1c2c(Cl)c(Cl)c(Cl)c(Cl)c2C(=O)N1Nc1ccccc1. The second-order valence-corrected chi connectivity index (χ2v) is 5.94. The first kappa shape index (κ1) is 15.4. The lowest BCUT2D eigenvalue weighted by molar-refractivity contribution is 0.0691. The summed E-state index contributed by atoms with van der Waals surface area (Å²) in [4.78, 5) is 24.9. The smallest absolute Gasteiger partial charge is 0.282 e. The van der Waals surface area contributed by atoms with E-state index in [0.717, 1.165) is 5.01 Å². The van der Waals surface area contributed by atoms with E-state index in [2.05, 4.69) is 5.43 Å². The first-order valence-corrected chi connectivity index (χ1v) is 7.51. The number of para-hydroxylation sites is 1. The molecule has 8 heteroatoms. The lowest BCUT2D eigenvalue weighted by atomic mass is 10.1. The molecule has 4 nitrogen and oxygen atoms in total. The van der Waals surface area contributed by atoms with Crippen LogP contribution in [0.2, 0.25) is 20.1 Å². The Morgan fingerprint density at radius 1 is 0.727 bits per heavy atom. The zero-order chi connectivity index (χ0) is 16.0. The number of hydrogen-bond acceptors (Lipinski definition) is 3. The number of rotatable bonds is 2. The van der Waals surface area contributed by atoms with E-state index >= 15 is 0 Å². The summed E-state index contributed by atoms with van der Waals surface area (Å²) in [7, 11) is 0. The Balaban J connectivity index is 2.10. The normalized spacial score (nSPS) is 13.5. The van der Waals surface area contributed by atoms with Crippen LogP contribution in [0, 0.1) is 0 Å². The van der Waals surface area contributed by atoms with Gasteiger partial charge < -0.3 is 0 Å². The van der Waals surface area contributed by atoms with Crippen molar-refractivity contribution in [2.45, 2.75) is 0 Å². The molecule has 1 N–H and O–H groups in total. The lowest BCUT2D eigenvalue weighted by Gasteiger charge is -2.16. The minimum atomic E-state index is -0.644. The molecule has 0 aromatic heterocycles. The molecule has 1 heterocycles. The molecular weight excluding hydrogens is 370 g/mol. The summed E-state index contributed by atoms with van der Waals surface area (Å²) in [5.41, 5.74) is 3.15. The summed E-state index contributed by atoms with van der Waals surface area (Å²) in [5.74, 6) is -1.29. The number of benzene rings is 2. The molecule has 0 bridgehead atoms. The largest absolute Gasteiger partial charge is 0.288 e. The van der Waals surface area contributed by atoms with Gasteiger partial charge in [-0.25, -0.2) is 0 Å². The Labute approximate surface area is 145 Å². The number of hydrazine groups is 1. The van der Waals surface area contributed by atoms with Crippen LogP contribution in [-0.4, -0.2) is 16.8 Å². The number of hydrogen-bond donors (Lipinski definition) is 1. The predicted molar refractivity (Wildman–Crippen MR) is 87.0 cm³/mol. The molecule has 0 fully saturated rings. The third kappa shape index (κ3) is 2.23. The topological polar surface area (TPSA) is 49.4 Å². The lowest BCUT2D eigenvalue weighted by Crippen LogP contribution is -2.35. The average Bonchev–Trinajstić information content (AvgIpc) is 2.76. The van der Waals surface area contributed by atoms with E-state index in [-0.39, 0.29) is 31.2 Å². The summed E-state index contributed by atoms with van der Waals surface area (Å²) < 4.78 is 0. The van der Waals surface area contributed by atoms with Gasteiger partial charge in [0.2, 0.25) is 0 Å². The Morgan fingerprint density at radius 3 is 1.64 bits per heavy atom. The number of carbonyl (C=O) groups excluding carboxylic acids is 2. The minimum Gasteiger partial charge on any atom is -0.288 e. The van der Waals surface area contributed by atoms with Gasteiger partial charge >= 0.3 is 0 Å². The summed E-state index contributed by atoms with van der Waals surface area (Å²) in [6.45, 7) is 0. The number of anilines is 1. The van der Waals surface area contributed by atoms with Crippen molar-refractivity contribution in [3.63, 3.8) is 0 Å². The second kappa shape index (κ2) is 5.63. The van der Waals surface area contributed by atoms with Gasteiger partial charge in [-0.3, -0.25) is 15.0 Å². The molecule has 0 atom stereocenters. The number of imide groups is 1. The number of carbonyl (C=O) groups is 2. The van der Waals surface area contributed by atoms with E-state index in [0.29, 0.717) is 5.69 Å². The van der Waals surface area contributed by atoms with Gasteiger partial charge in [0.1, 0.15) is 0 Å². The maximum atomic E-state index is 12.4. The van der Waals surface area contributed by atoms with Crippen LogP contribution >= 0.6 is 46.4 Å². The maximum absolute atomic E-state index is 12.4. The summed E-state index contributed by atoms with van der Waals surface area (Å²) in [5, 5.41) is 0.512. The van der Waals surface area contributed by atoms with E-state index in [4.69, 9.17) is 46.4 Å². The van der Waals surface area contributed by atoms with Crippen LogP contribution in [-0.2, 0) is 0 Å². The molecule has 1 aliphatic heterocycles. The number of nitrogens with one attached hydrogen (secondary N) is 1. The van der Waals surface area contributed by atoms with Gasteiger partial charge in [0.05, 0.1) is 36.9 Å².